The number of anilines is 2. The molecule has 1 amide bonds. The number of carbonyl (C=O) groups is 1. The number of nitrogens with one attached hydrogen (secondary N) is 1. The second kappa shape index (κ2) is 7.81. The molecule has 0 aliphatic heterocycles. The molecule has 2 aromatic carbocycles. The summed E-state index contributed by atoms with van der Waals surface area (Å²) >= 11 is 0. The number of nitrogen functional groups attached to an aromatic ring is 1. The number of aromatic nitrogens is 3. The van der Waals surface area contributed by atoms with Gasteiger partial charge in [-0.3, -0.25) is 9.20 Å². The van der Waals surface area contributed by atoms with Gasteiger partial charge in [0, 0.05) is 17.4 Å². The van der Waals surface area contributed by atoms with Gasteiger partial charge in [0.05, 0.1) is 5.69 Å². The first-order chi connectivity index (χ1) is 14.7. The second-order valence-electron chi connectivity index (χ2n) is 7.47. The number of aliphatic hydroxyl groups excluding tert-OH is 1. The van der Waals surface area contributed by atoms with Crippen LogP contribution in [0.1, 0.15) is 28.7 Å². The minimum Gasteiger partial charge on any atom is -0.382 e. The minimum atomic E-state index is -1.48. The van der Waals surface area contributed by atoms with E-state index in [9.17, 15) is 14.3 Å². The number of benzene rings is 2. The molecule has 0 fully saturated rings. The number of fused-ring (bicyclic) bond motifs is 1. The molecular weight excluding hydrogens is 397 g/mol. The Kier molecular flexibility index (Phi) is 5.16. The number of imidazole rings is 1. The van der Waals surface area contributed by atoms with E-state index in [-0.39, 0.29) is 5.56 Å². The first kappa shape index (κ1) is 20.5. The normalized spacial score (nSPS) is 12.2. The predicted octanol–water partition coefficient (Wildman–Crippen LogP) is 3.71. The number of rotatable bonds is 4. The average Bonchev–Trinajstić information content (AvgIpc) is 3.04. The zero-order valence-corrected chi connectivity index (χ0v) is 17.3. The summed E-state index contributed by atoms with van der Waals surface area (Å²) in [4.78, 5) is 21.4. The van der Waals surface area contributed by atoms with Crippen LogP contribution in [0.2, 0.25) is 0 Å². The first-order valence-corrected chi connectivity index (χ1v) is 9.72. The van der Waals surface area contributed by atoms with Crippen molar-refractivity contribution >= 4 is 22.9 Å². The molecular formula is C23H22FN5O2. The van der Waals surface area contributed by atoms with Crippen LogP contribution in [-0.4, -0.2) is 25.4 Å². The molecule has 0 unspecified atom stereocenters. The summed E-state index contributed by atoms with van der Waals surface area (Å²) in [6.45, 7) is 5.66. The first-order valence-electron chi connectivity index (χ1n) is 9.72. The molecule has 158 valence electrons. The molecule has 0 aliphatic rings. The lowest BCUT2D eigenvalue weighted by Gasteiger charge is -2.13. The lowest BCUT2D eigenvalue weighted by molar-refractivity contribution is -0.124. The Morgan fingerprint density at radius 3 is 2.65 bits per heavy atom. The smallest absolute Gasteiger partial charge is 0.257 e. The Hall–Kier alpha value is -3.78. The number of carbonyl (C=O) groups excluding carboxylic acids is 1. The van der Waals surface area contributed by atoms with E-state index in [1.165, 1.54) is 18.2 Å². The van der Waals surface area contributed by atoms with E-state index in [0.717, 1.165) is 34.2 Å². The molecule has 2 aromatic heterocycles. The van der Waals surface area contributed by atoms with Gasteiger partial charge in [-0.25, -0.2) is 14.4 Å². The highest BCUT2D eigenvalue weighted by Crippen LogP contribution is 2.32. The van der Waals surface area contributed by atoms with Crippen LogP contribution in [0.25, 0.3) is 16.8 Å². The molecule has 1 atom stereocenters. The number of amides is 1. The summed E-state index contributed by atoms with van der Waals surface area (Å²) in [7, 11) is 0. The number of hydrogen-bond donors (Lipinski definition) is 3. The van der Waals surface area contributed by atoms with Gasteiger partial charge in [-0.05, 0) is 56.2 Å². The minimum absolute atomic E-state index is 0.184. The fourth-order valence-corrected chi connectivity index (χ4v) is 3.64. The molecule has 0 bridgehead atoms. The topological polar surface area (TPSA) is 106 Å². The van der Waals surface area contributed by atoms with Gasteiger partial charge in [-0.1, -0.05) is 18.2 Å². The molecule has 7 nitrogen and oxygen atoms in total. The maximum atomic E-state index is 13.4. The summed E-state index contributed by atoms with van der Waals surface area (Å²) in [5.74, 6) is 0.0174. The van der Waals surface area contributed by atoms with Gasteiger partial charge < -0.3 is 16.2 Å². The summed E-state index contributed by atoms with van der Waals surface area (Å²) in [6.07, 6.45) is 0.402. The van der Waals surface area contributed by atoms with Crippen LogP contribution in [-0.2, 0) is 4.79 Å². The summed E-state index contributed by atoms with van der Waals surface area (Å²) in [5.41, 5.74) is 10.8. The largest absolute Gasteiger partial charge is 0.382 e. The van der Waals surface area contributed by atoms with E-state index >= 15 is 0 Å². The van der Waals surface area contributed by atoms with E-state index < -0.39 is 17.8 Å². The highest BCUT2D eigenvalue weighted by molar-refractivity contribution is 5.95. The number of aryl methyl sites for hydroxylation is 3. The third-order valence-electron chi connectivity index (χ3n) is 5.10. The maximum absolute atomic E-state index is 13.4. The quantitative estimate of drug-likeness (QED) is 0.468. The highest BCUT2D eigenvalue weighted by Gasteiger charge is 2.20. The van der Waals surface area contributed by atoms with Crippen molar-refractivity contribution in [1.82, 2.24) is 14.4 Å². The van der Waals surface area contributed by atoms with Crippen molar-refractivity contribution in [3.05, 3.63) is 77.1 Å². The third-order valence-corrected chi connectivity index (χ3v) is 5.10. The maximum Gasteiger partial charge on any atom is 0.257 e. The number of aliphatic hydroxyl groups is 1. The van der Waals surface area contributed by atoms with E-state index in [0.29, 0.717) is 17.2 Å². The van der Waals surface area contributed by atoms with Gasteiger partial charge in [0.2, 0.25) is 0 Å². The lowest BCUT2D eigenvalue weighted by Crippen LogP contribution is -2.21. The van der Waals surface area contributed by atoms with E-state index in [2.05, 4.69) is 15.3 Å². The Balaban J connectivity index is 1.64. The third kappa shape index (κ3) is 3.85. The molecule has 0 aliphatic carbocycles. The van der Waals surface area contributed by atoms with Crippen molar-refractivity contribution < 1.29 is 14.3 Å². The Labute approximate surface area is 178 Å². The van der Waals surface area contributed by atoms with E-state index in [4.69, 9.17) is 5.73 Å². The monoisotopic (exact) mass is 419 g/mol. The Morgan fingerprint density at radius 1 is 1.16 bits per heavy atom. The molecule has 2 heterocycles. The Morgan fingerprint density at radius 2 is 1.94 bits per heavy atom. The predicted molar refractivity (Wildman–Crippen MR) is 117 cm³/mol. The number of halogens is 1. The van der Waals surface area contributed by atoms with Gasteiger partial charge in [-0.15, -0.1) is 0 Å². The van der Waals surface area contributed by atoms with Crippen LogP contribution < -0.4 is 11.1 Å². The van der Waals surface area contributed by atoms with E-state index in [1.807, 2.05) is 37.4 Å². The molecule has 0 spiro atoms. The van der Waals surface area contributed by atoms with Gasteiger partial charge >= 0.3 is 0 Å². The van der Waals surface area contributed by atoms with Crippen LogP contribution in [0.5, 0.6) is 0 Å². The van der Waals surface area contributed by atoms with E-state index in [1.54, 1.807) is 12.1 Å². The molecule has 0 radical (unpaired) electrons. The molecule has 4 aromatic rings. The average molecular weight is 419 g/mol. The van der Waals surface area contributed by atoms with Crippen LogP contribution in [0.4, 0.5) is 15.9 Å². The van der Waals surface area contributed by atoms with Crippen LogP contribution >= 0.6 is 0 Å². The highest BCUT2D eigenvalue weighted by atomic mass is 19.1. The summed E-state index contributed by atoms with van der Waals surface area (Å²) in [5, 5.41) is 12.9. The molecule has 31 heavy (non-hydrogen) atoms. The summed E-state index contributed by atoms with van der Waals surface area (Å²) < 4.78 is 15.3. The number of nitrogens with two attached hydrogens (primary N) is 1. The summed E-state index contributed by atoms with van der Waals surface area (Å²) in [6, 6.07) is 10.7. The molecule has 0 saturated heterocycles. The zero-order chi connectivity index (χ0) is 22.3. The van der Waals surface area contributed by atoms with Crippen molar-refractivity contribution in [2.75, 3.05) is 11.1 Å². The van der Waals surface area contributed by atoms with Crippen molar-refractivity contribution in [2.24, 2.45) is 0 Å². The molecule has 8 heteroatoms. The fourth-order valence-electron chi connectivity index (χ4n) is 3.64. The van der Waals surface area contributed by atoms with Crippen LogP contribution in [0.15, 0.2) is 48.7 Å². The number of nitrogens with zero attached hydrogens (tertiary/aromatic N) is 3. The van der Waals surface area contributed by atoms with Gasteiger partial charge in [-0.2, -0.15) is 0 Å². The van der Waals surface area contributed by atoms with Crippen LogP contribution in [0.3, 0.4) is 0 Å². The molecule has 0 saturated carbocycles. The number of hydrogen-bond acceptors (Lipinski definition) is 5. The SMILES string of the molecule is Cc1cn2c(C)nc(-c3ccc(NC(=O)[C@@H](O)c4cccc(F)c4)cc3C)c2c(N)n1. The van der Waals surface area contributed by atoms with Gasteiger partial charge in [0.25, 0.3) is 5.91 Å². The van der Waals surface area contributed by atoms with Crippen molar-refractivity contribution in [2.45, 2.75) is 26.9 Å². The van der Waals surface area contributed by atoms with Gasteiger partial charge in [0.1, 0.15) is 28.7 Å². The van der Waals surface area contributed by atoms with Crippen molar-refractivity contribution in [3.8, 4) is 11.3 Å². The second-order valence-corrected chi connectivity index (χ2v) is 7.47. The Bertz CT molecular complexity index is 1320. The molecule has 4 N–H and O–H groups in total. The zero-order valence-electron chi connectivity index (χ0n) is 17.3. The van der Waals surface area contributed by atoms with Crippen molar-refractivity contribution in [3.63, 3.8) is 0 Å². The standard InChI is InChI=1S/C23H22FN5O2/c1-12-9-17(28-23(31)21(30)15-5-4-6-16(24)10-15)7-8-18(12)19-20-22(25)26-13(2)11-29(20)14(3)27-19/h4-11,21,30H,1-3H3,(H2,25,26)(H,28,31)/t21-/m0/s1. The van der Waals surface area contributed by atoms with Gasteiger partial charge in [0.15, 0.2) is 6.10 Å². The lowest BCUT2D eigenvalue weighted by atomic mass is 10.0. The fraction of sp³-hybridized carbons (Fsp3) is 0.174. The van der Waals surface area contributed by atoms with Crippen LogP contribution in [0, 0.1) is 26.6 Å². The van der Waals surface area contributed by atoms with Crippen molar-refractivity contribution in [1.29, 1.82) is 0 Å². The molecule has 4 rings (SSSR count).